The van der Waals surface area contributed by atoms with Gasteiger partial charge in [-0.2, -0.15) is 0 Å². The summed E-state index contributed by atoms with van der Waals surface area (Å²) >= 11 is 1.45. The van der Waals surface area contributed by atoms with E-state index in [1.807, 2.05) is 25.3 Å². The van der Waals surface area contributed by atoms with Gasteiger partial charge in [0, 0.05) is 5.54 Å². The molecule has 1 rings (SSSR count). The van der Waals surface area contributed by atoms with Crippen LogP contribution in [0.3, 0.4) is 0 Å². The zero-order chi connectivity index (χ0) is 9.35. The largest absolute Gasteiger partial charge is 0.322 e. The maximum Gasteiger partial charge on any atom is 0.169 e. The van der Waals surface area contributed by atoms with Crippen LogP contribution in [0.1, 0.15) is 36.0 Å². The first-order valence-electron chi connectivity index (χ1n) is 3.80. The normalized spacial score (nSPS) is 11.7. The van der Waals surface area contributed by atoms with E-state index in [1.165, 1.54) is 11.3 Å². The molecule has 3 heteroatoms. The molecule has 0 spiro atoms. The number of Topliss-reactive ketones (excluding diaryl/α,β-unsaturated/α-hetero) is 1. The minimum Gasteiger partial charge on any atom is -0.322 e. The van der Waals surface area contributed by atoms with Crippen molar-refractivity contribution in [3.8, 4) is 0 Å². The van der Waals surface area contributed by atoms with E-state index in [0.717, 1.165) is 10.4 Å². The van der Waals surface area contributed by atoms with E-state index in [9.17, 15) is 4.79 Å². The molecule has 1 aromatic heterocycles. The zero-order valence-electron chi connectivity index (χ0n) is 7.55. The number of ketones is 1. The molecule has 0 radical (unpaired) electrons. The SMILES string of the molecule is CC(=O)c1cc(C(C)(C)N)cs1. The number of hydrogen-bond acceptors (Lipinski definition) is 3. The molecule has 2 N–H and O–H groups in total. The molecule has 0 atom stereocenters. The van der Waals surface area contributed by atoms with Gasteiger partial charge in [0.25, 0.3) is 0 Å². The van der Waals surface area contributed by atoms with Gasteiger partial charge in [-0.3, -0.25) is 4.79 Å². The van der Waals surface area contributed by atoms with Crippen LogP contribution in [0.15, 0.2) is 11.4 Å². The van der Waals surface area contributed by atoms with Gasteiger partial charge in [0.05, 0.1) is 4.88 Å². The topological polar surface area (TPSA) is 43.1 Å². The van der Waals surface area contributed by atoms with Crippen molar-refractivity contribution in [2.45, 2.75) is 26.3 Å². The van der Waals surface area contributed by atoms with Gasteiger partial charge in [0.2, 0.25) is 0 Å². The van der Waals surface area contributed by atoms with E-state index in [-0.39, 0.29) is 11.3 Å². The highest BCUT2D eigenvalue weighted by Crippen LogP contribution is 2.23. The Bertz CT molecular complexity index is 296. The van der Waals surface area contributed by atoms with Gasteiger partial charge in [-0.15, -0.1) is 11.3 Å². The molecule has 0 amide bonds. The highest BCUT2D eigenvalue weighted by molar-refractivity contribution is 7.12. The second-order valence-corrected chi connectivity index (χ2v) is 4.39. The molecule has 0 aliphatic carbocycles. The monoisotopic (exact) mass is 183 g/mol. The van der Waals surface area contributed by atoms with Crippen molar-refractivity contribution in [2.24, 2.45) is 5.73 Å². The summed E-state index contributed by atoms with van der Waals surface area (Å²) < 4.78 is 0. The standard InChI is InChI=1S/C9H13NOS/c1-6(11)8-4-7(5-12-8)9(2,3)10/h4-5H,10H2,1-3H3. The Balaban J connectivity index is 3.00. The third-order valence-corrected chi connectivity index (χ3v) is 2.72. The molecule has 1 aromatic rings. The smallest absolute Gasteiger partial charge is 0.169 e. The predicted octanol–water partition coefficient (Wildman–Crippen LogP) is 2.14. The molecule has 0 saturated heterocycles. The summed E-state index contributed by atoms with van der Waals surface area (Å²) in [5.74, 6) is 0.107. The quantitative estimate of drug-likeness (QED) is 0.714. The van der Waals surface area contributed by atoms with E-state index in [0.29, 0.717) is 0 Å². The van der Waals surface area contributed by atoms with Crippen LogP contribution in [0.2, 0.25) is 0 Å². The van der Waals surface area contributed by atoms with Gasteiger partial charge in [-0.1, -0.05) is 0 Å². The third kappa shape index (κ3) is 1.93. The molecule has 0 bridgehead atoms. The number of carbonyl (C=O) groups excluding carboxylic acids is 1. The van der Waals surface area contributed by atoms with E-state index < -0.39 is 0 Å². The first kappa shape index (κ1) is 9.42. The average Bonchev–Trinajstić information content (AvgIpc) is 2.30. The van der Waals surface area contributed by atoms with Crippen LogP contribution in [0.5, 0.6) is 0 Å². The van der Waals surface area contributed by atoms with Crippen molar-refractivity contribution in [3.63, 3.8) is 0 Å². The van der Waals surface area contributed by atoms with Crippen LogP contribution in [-0.4, -0.2) is 5.78 Å². The lowest BCUT2D eigenvalue weighted by molar-refractivity contribution is 0.102. The van der Waals surface area contributed by atoms with E-state index in [4.69, 9.17) is 5.73 Å². The van der Waals surface area contributed by atoms with Crippen LogP contribution >= 0.6 is 11.3 Å². The maximum atomic E-state index is 11.0. The first-order chi connectivity index (χ1) is 5.41. The predicted molar refractivity (Wildman–Crippen MR) is 51.5 cm³/mol. The molecule has 1 heterocycles. The minimum absolute atomic E-state index is 0.107. The Kier molecular flexibility index (Phi) is 2.35. The highest BCUT2D eigenvalue weighted by Gasteiger charge is 2.16. The summed E-state index contributed by atoms with van der Waals surface area (Å²) in [7, 11) is 0. The fraction of sp³-hybridized carbons (Fsp3) is 0.444. The summed E-state index contributed by atoms with van der Waals surface area (Å²) in [5.41, 5.74) is 6.55. The molecule has 0 aliphatic heterocycles. The Hall–Kier alpha value is -0.670. The lowest BCUT2D eigenvalue weighted by atomic mass is 9.98. The van der Waals surface area contributed by atoms with Crippen LogP contribution in [-0.2, 0) is 5.54 Å². The van der Waals surface area contributed by atoms with Gasteiger partial charge in [-0.05, 0) is 37.8 Å². The molecule has 66 valence electrons. The van der Waals surface area contributed by atoms with Crippen molar-refractivity contribution in [3.05, 3.63) is 21.9 Å². The molecule has 0 saturated carbocycles. The molecule has 0 unspecified atom stereocenters. The van der Waals surface area contributed by atoms with Crippen LogP contribution in [0.25, 0.3) is 0 Å². The van der Waals surface area contributed by atoms with E-state index in [1.54, 1.807) is 6.92 Å². The van der Waals surface area contributed by atoms with E-state index >= 15 is 0 Å². The summed E-state index contributed by atoms with van der Waals surface area (Å²) in [6.45, 7) is 5.43. The zero-order valence-corrected chi connectivity index (χ0v) is 8.37. The molecule has 0 aromatic carbocycles. The molecule has 2 nitrogen and oxygen atoms in total. The summed E-state index contributed by atoms with van der Waals surface area (Å²) in [4.78, 5) is 11.7. The van der Waals surface area contributed by atoms with Crippen molar-refractivity contribution < 1.29 is 4.79 Å². The molecular weight excluding hydrogens is 170 g/mol. The van der Waals surface area contributed by atoms with Gasteiger partial charge in [0.1, 0.15) is 0 Å². The van der Waals surface area contributed by atoms with Crippen LogP contribution in [0.4, 0.5) is 0 Å². The van der Waals surface area contributed by atoms with Crippen molar-refractivity contribution in [2.75, 3.05) is 0 Å². The van der Waals surface area contributed by atoms with Crippen molar-refractivity contribution in [1.82, 2.24) is 0 Å². The fourth-order valence-corrected chi connectivity index (χ4v) is 1.85. The second-order valence-electron chi connectivity index (χ2n) is 3.48. The van der Waals surface area contributed by atoms with E-state index in [2.05, 4.69) is 0 Å². The number of thiophene rings is 1. The molecular formula is C9H13NOS. The Morgan fingerprint density at radius 3 is 2.42 bits per heavy atom. The third-order valence-electron chi connectivity index (χ3n) is 1.69. The maximum absolute atomic E-state index is 11.0. The molecule has 12 heavy (non-hydrogen) atoms. The summed E-state index contributed by atoms with van der Waals surface area (Å²) in [6.07, 6.45) is 0. The van der Waals surface area contributed by atoms with Crippen molar-refractivity contribution in [1.29, 1.82) is 0 Å². The summed E-state index contributed by atoms with van der Waals surface area (Å²) in [5, 5.41) is 1.94. The Morgan fingerprint density at radius 2 is 2.17 bits per heavy atom. The van der Waals surface area contributed by atoms with Gasteiger partial charge >= 0.3 is 0 Å². The average molecular weight is 183 g/mol. The molecule has 0 aliphatic rings. The number of nitrogens with two attached hydrogens (primary N) is 1. The lowest BCUT2D eigenvalue weighted by Gasteiger charge is -2.15. The van der Waals surface area contributed by atoms with Crippen LogP contribution < -0.4 is 5.73 Å². The van der Waals surface area contributed by atoms with Gasteiger partial charge in [-0.25, -0.2) is 0 Å². The Morgan fingerprint density at radius 1 is 1.58 bits per heavy atom. The Labute approximate surface area is 76.4 Å². The number of hydrogen-bond donors (Lipinski definition) is 1. The number of carbonyl (C=O) groups is 1. The number of rotatable bonds is 2. The van der Waals surface area contributed by atoms with Crippen LogP contribution in [0, 0.1) is 0 Å². The highest BCUT2D eigenvalue weighted by atomic mass is 32.1. The minimum atomic E-state index is -0.343. The van der Waals surface area contributed by atoms with Crippen molar-refractivity contribution >= 4 is 17.1 Å². The molecule has 0 fully saturated rings. The second kappa shape index (κ2) is 2.99. The fourth-order valence-electron chi connectivity index (χ4n) is 0.859. The first-order valence-corrected chi connectivity index (χ1v) is 4.68. The lowest BCUT2D eigenvalue weighted by Crippen LogP contribution is -2.27. The summed E-state index contributed by atoms with van der Waals surface area (Å²) in [6, 6.07) is 1.87. The van der Waals surface area contributed by atoms with Gasteiger partial charge in [0.15, 0.2) is 5.78 Å². The van der Waals surface area contributed by atoms with Gasteiger partial charge < -0.3 is 5.73 Å².